The molecule has 142 valence electrons. The van der Waals surface area contributed by atoms with Gasteiger partial charge in [-0.15, -0.1) is 0 Å². The average molecular weight is 457 g/mol. The van der Waals surface area contributed by atoms with Crippen LogP contribution in [0.3, 0.4) is 0 Å². The van der Waals surface area contributed by atoms with E-state index in [1.165, 1.54) is 0 Å². The van der Waals surface area contributed by atoms with Gasteiger partial charge < -0.3 is 10.1 Å². The van der Waals surface area contributed by atoms with Gasteiger partial charge >= 0.3 is 5.97 Å². The molecule has 2 aromatic carbocycles. The van der Waals surface area contributed by atoms with Crippen molar-refractivity contribution in [1.29, 1.82) is 0 Å². The number of halogens is 1. The van der Waals surface area contributed by atoms with Gasteiger partial charge in [0.25, 0.3) is 11.6 Å². The largest absolute Gasteiger partial charge is 0.452 e. The Labute approximate surface area is 162 Å². The average Bonchev–Trinajstić information content (AvgIpc) is 2.60. The van der Waals surface area contributed by atoms with E-state index in [4.69, 9.17) is 4.74 Å². The number of rotatable bonds is 6. The number of benzene rings is 2. The second-order valence-corrected chi connectivity index (χ2v) is 8.15. The lowest BCUT2D eigenvalue weighted by Crippen LogP contribution is -2.21. The lowest BCUT2D eigenvalue weighted by molar-refractivity contribution is -0.387. The molecule has 0 saturated heterocycles. The minimum atomic E-state index is -3.85. The molecule has 0 heterocycles. The second kappa shape index (κ2) is 8.27. The fourth-order valence-electron chi connectivity index (χ4n) is 2.06. The molecule has 1 amide bonds. The van der Waals surface area contributed by atoms with E-state index in [2.05, 4.69) is 21.2 Å². The summed E-state index contributed by atoms with van der Waals surface area (Å²) in [7, 11) is -3.85. The summed E-state index contributed by atoms with van der Waals surface area (Å²) in [4.78, 5) is 33.5. The Bertz CT molecular complexity index is 1020. The summed E-state index contributed by atoms with van der Waals surface area (Å²) < 4.78 is 28.6. The van der Waals surface area contributed by atoms with Gasteiger partial charge in [0.2, 0.25) is 0 Å². The first-order chi connectivity index (χ1) is 12.6. The van der Waals surface area contributed by atoms with E-state index in [1.807, 2.05) is 0 Å². The number of carbonyl (C=O) groups excluding carboxylic acids is 2. The third-order valence-electron chi connectivity index (χ3n) is 3.27. The van der Waals surface area contributed by atoms with E-state index >= 15 is 0 Å². The monoisotopic (exact) mass is 456 g/mol. The maximum Gasteiger partial charge on any atom is 0.338 e. The number of anilines is 1. The predicted octanol–water partition coefficient (Wildman–Crippen LogP) is 2.56. The molecule has 0 unspecified atom stereocenters. The zero-order valence-electron chi connectivity index (χ0n) is 13.8. The number of amides is 1. The number of ether oxygens (including phenoxy) is 1. The number of nitro benzene ring substituents is 1. The van der Waals surface area contributed by atoms with Gasteiger partial charge in [0.15, 0.2) is 16.4 Å². The second-order valence-electron chi connectivity index (χ2n) is 5.32. The molecule has 27 heavy (non-hydrogen) atoms. The molecule has 9 nitrogen and oxygen atoms in total. The van der Waals surface area contributed by atoms with Crippen molar-refractivity contribution in [1.82, 2.24) is 0 Å². The first kappa shape index (κ1) is 20.5. The molecule has 0 radical (unpaired) electrons. The van der Waals surface area contributed by atoms with Crippen molar-refractivity contribution in [3.05, 3.63) is 62.6 Å². The summed E-state index contributed by atoms with van der Waals surface area (Å²) in [5.41, 5.74) is -0.515. The molecule has 1 N–H and O–H groups in total. The molecular formula is C16H13BrN2O7S. The predicted molar refractivity (Wildman–Crippen MR) is 99.3 cm³/mol. The molecular weight excluding hydrogens is 444 g/mol. The Morgan fingerprint density at radius 1 is 1.22 bits per heavy atom. The summed E-state index contributed by atoms with van der Waals surface area (Å²) >= 11 is 3.25. The van der Waals surface area contributed by atoms with Crippen LogP contribution < -0.4 is 5.32 Å². The molecule has 0 aliphatic rings. The Kier molecular flexibility index (Phi) is 6.28. The zero-order valence-corrected chi connectivity index (χ0v) is 16.2. The van der Waals surface area contributed by atoms with E-state index in [1.54, 1.807) is 24.3 Å². The van der Waals surface area contributed by atoms with Gasteiger partial charge in [-0.3, -0.25) is 14.9 Å². The number of sulfone groups is 1. The first-order valence-corrected chi connectivity index (χ1v) is 9.98. The molecule has 2 aromatic rings. The standard InChI is InChI=1S/C16H13BrN2O7S/c1-27(24,25)14-7-6-10(8-13(14)19(22)23)16(21)26-9-15(20)18-12-5-3-2-4-11(12)17/h2-8H,9H2,1H3,(H,18,20). The summed E-state index contributed by atoms with van der Waals surface area (Å²) in [6.45, 7) is -0.623. The highest BCUT2D eigenvalue weighted by atomic mass is 79.9. The molecule has 0 atom stereocenters. The van der Waals surface area contributed by atoms with Crippen molar-refractivity contribution >= 4 is 49.0 Å². The molecule has 0 aliphatic carbocycles. The van der Waals surface area contributed by atoms with Crippen molar-refractivity contribution in [3.63, 3.8) is 0 Å². The van der Waals surface area contributed by atoms with Crippen LogP contribution in [0, 0.1) is 10.1 Å². The quantitative estimate of drug-likeness (QED) is 0.401. The fourth-order valence-corrected chi connectivity index (χ4v) is 3.28. The van der Waals surface area contributed by atoms with Crippen LogP contribution in [0.2, 0.25) is 0 Å². The number of nitrogens with one attached hydrogen (secondary N) is 1. The van der Waals surface area contributed by atoms with E-state index in [9.17, 15) is 28.1 Å². The van der Waals surface area contributed by atoms with Crippen LogP contribution in [0.5, 0.6) is 0 Å². The number of para-hydroxylation sites is 1. The maximum absolute atomic E-state index is 12.0. The molecule has 0 aromatic heterocycles. The summed E-state index contributed by atoms with van der Waals surface area (Å²) in [6, 6.07) is 9.63. The van der Waals surface area contributed by atoms with Crippen molar-refractivity contribution in [2.75, 3.05) is 18.2 Å². The van der Waals surface area contributed by atoms with Crippen molar-refractivity contribution in [2.45, 2.75) is 4.90 Å². The number of hydrogen-bond acceptors (Lipinski definition) is 7. The van der Waals surface area contributed by atoms with E-state index in [0.29, 0.717) is 10.2 Å². The number of nitrogens with zero attached hydrogens (tertiary/aromatic N) is 1. The first-order valence-electron chi connectivity index (χ1n) is 7.29. The maximum atomic E-state index is 12.0. The number of esters is 1. The van der Waals surface area contributed by atoms with Crippen LogP contribution in [0.4, 0.5) is 11.4 Å². The molecule has 0 aliphatic heterocycles. The number of carbonyl (C=O) groups is 2. The smallest absolute Gasteiger partial charge is 0.338 e. The van der Waals surface area contributed by atoms with Gasteiger partial charge in [-0.25, -0.2) is 13.2 Å². The molecule has 2 rings (SSSR count). The molecule has 0 bridgehead atoms. The highest BCUT2D eigenvalue weighted by molar-refractivity contribution is 9.10. The number of hydrogen-bond donors (Lipinski definition) is 1. The van der Waals surface area contributed by atoms with Gasteiger partial charge in [-0.1, -0.05) is 12.1 Å². The topological polar surface area (TPSA) is 133 Å². The van der Waals surface area contributed by atoms with E-state index in [-0.39, 0.29) is 5.56 Å². The molecule has 11 heteroatoms. The summed E-state index contributed by atoms with van der Waals surface area (Å²) in [6.07, 6.45) is 0.819. The zero-order chi connectivity index (χ0) is 20.2. The summed E-state index contributed by atoms with van der Waals surface area (Å²) in [5, 5.41) is 13.6. The van der Waals surface area contributed by atoms with Gasteiger partial charge in [-0.05, 0) is 40.2 Å². The van der Waals surface area contributed by atoms with Gasteiger partial charge in [-0.2, -0.15) is 0 Å². The van der Waals surface area contributed by atoms with Crippen molar-refractivity contribution in [3.8, 4) is 0 Å². The van der Waals surface area contributed by atoms with Gasteiger partial charge in [0, 0.05) is 16.8 Å². The Hall–Kier alpha value is -2.79. The molecule has 0 spiro atoms. The lowest BCUT2D eigenvalue weighted by Gasteiger charge is -2.08. The normalized spacial score (nSPS) is 10.9. The van der Waals surface area contributed by atoms with Crippen molar-refractivity contribution in [2.24, 2.45) is 0 Å². The van der Waals surface area contributed by atoms with Gasteiger partial charge in [0.1, 0.15) is 4.90 Å². The Morgan fingerprint density at radius 2 is 1.89 bits per heavy atom. The van der Waals surface area contributed by atoms with Crippen LogP contribution in [0.25, 0.3) is 0 Å². The highest BCUT2D eigenvalue weighted by Gasteiger charge is 2.24. The van der Waals surface area contributed by atoms with E-state index in [0.717, 1.165) is 24.5 Å². The third-order valence-corrected chi connectivity index (χ3v) is 5.11. The van der Waals surface area contributed by atoms with Crippen LogP contribution in [0.15, 0.2) is 51.8 Å². The van der Waals surface area contributed by atoms with Crippen LogP contribution >= 0.6 is 15.9 Å². The Morgan fingerprint density at radius 3 is 2.48 bits per heavy atom. The molecule has 0 saturated carbocycles. The SMILES string of the molecule is CS(=O)(=O)c1ccc(C(=O)OCC(=O)Nc2ccccc2Br)cc1[N+](=O)[O-]. The van der Waals surface area contributed by atoms with Crippen LogP contribution in [-0.4, -0.2) is 38.1 Å². The lowest BCUT2D eigenvalue weighted by atomic mass is 10.2. The third kappa shape index (κ3) is 5.34. The minimum Gasteiger partial charge on any atom is -0.452 e. The van der Waals surface area contributed by atoms with Gasteiger partial charge in [0.05, 0.1) is 16.2 Å². The number of nitro groups is 1. The van der Waals surface area contributed by atoms with Crippen molar-refractivity contribution < 1.29 is 27.7 Å². The van der Waals surface area contributed by atoms with Crippen LogP contribution in [-0.2, 0) is 19.4 Å². The van der Waals surface area contributed by atoms with Crippen LogP contribution in [0.1, 0.15) is 10.4 Å². The summed E-state index contributed by atoms with van der Waals surface area (Å²) in [5.74, 6) is -1.61. The highest BCUT2D eigenvalue weighted by Crippen LogP contribution is 2.25. The Balaban J connectivity index is 2.10. The minimum absolute atomic E-state index is 0.247. The molecule has 0 fully saturated rings. The fraction of sp³-hybridized carbons (Fsp3) is 0.125. The van der Waals surface area contributed by atoms with E-state index < -0.39 is 43.8 Å².